The van der Waals surface area contributed by atoms with Gasteiger partial charge in [-0.05, 0) is 48.6 Å². The molecular weight excluding hydrogens is 404 g/mol. The number of nitrogens with one attached hydrogen (secondary N) is 1. The standard InChI is InChI=1S/C26H34N2O2S/c1-4-7-12-19(6-3)25(30)27-22-15-10-14-21(17-22)26-28(24(29)18-31-26)23-16-9-8-13-20(23)11-5-2/h8-10,13-17,19,26H,4-7,11-12,18H2,1-3H3,(H,27,30)/t19-,26+/m0/s1. The number of amides is 2. The van der Waals surface area contributed by atoms with Gasteiger partial charge in [-0.1, -0.05) is 70.4 Å². The SMILES string of the molecule is CCCC[C@H](CC)C(=O)Nc1cccc([C@H]2SCC(=O)N2c2ccccc2CCC)c1. The van der Waals surface area contributed by atoms with Crippen molar-refractivity contribution in [3.8, 4) is 0 Å². The van der Waals surface area contributed by atoms with Crippen molar-refractivity contribution in [2.75, 3.05) is 16.0 Å². The highest BCUT2D eigenvalue weighted by atomic mass is 32.2. The maximum atomic E-state index is 12.8. The third kappa shape index (κ3) is 5.70. The smallest absolute Gasteiger partial charge is 0.238 e. The molecule has 2 aromatic carbocycles. The van der Waals surface area contributed by atoms with Crippen LogP contribution in [-0.2, 0) is 16.0 Å². The molecular formula is C26H34N2O2S. The van der Waals surface area contributed by atoms with E-state index >= 15 is 0 Å². The molecule has 0 bridgehead atoms. The molecule has 0 aliphatic carbocycles. The highest BCUT2D eigenvalue weighted by molar-refractivity contribution is 8.00. The van der Waals surface area contributed by atoms with Crippen LogP contribution in [0.5, 0.6) is 0 Å². The molecule has 3 rings (SSSR count). The van der Waals surface area contributed by atoms with E-state index in [1.165, 1.54) is 5.56 Å². The summed E-state index contributed by atoms with van der Waals surface area (Å²) in [7, 11) is 0. The summed E-state index contributed by atoms with van der Waals surface area (Å²) >= 11 is 1.65. The first-order valence-electron chi connectivity index (χ1n) is 11.5. The number of aryl methyl sites for hydroxylation is 1. The minimum Gasteiger partial charge on any atom is -0.326 e. The summed E-state index contributed by atoms with van der Waals surface area (Å²) in [5.74, 6) is 0.742. The summed E-state index contributed by atoms with van der Waals surface area (Å²) < 4.78 is 0. The van der Waals surface area contributed by atoms with Gasteiger partial charge in [-0.2, -0.15) is 0 Å². The average Bonchev–Trinajstić information content (AvgIpc) is 3.16. The number of para-hydroxylation sites is 1. The number of thioether (sulfide) groups is 1. The lowest BCUT2D eigenvalue weighted by atomic mass is 9.98. The monoisotopic (exact) mass is 438 g/mol. The fourth-order valence-corrected chi connectivity index (χ4v) is 5.30. The van der Waals surface area contributed by atoms with Crippen molar-refractivity contribution in [2.45, 2.75) is 64.7 Å². The number of hydrogen-bond acceptors (Lipinski definition) is 3. The fraction of sp³-hybridized carbons (Fsp3) is 0.462. The van der Waals surface area contributed by atoms with Gasteiger partial charge in [-0.15, -0.1) is 11.8 Å². The number of carbonyl (C=O) groups excluding carboxylic acids is 2. The number of benzene rings is 2. The fourth-order valence-electron chi connectivity index (χ4n) is 4.14. The Morgan fingerprint density at radius 3 is 2.68 bits per heavy atom. The molecule has 1 saturated heterocycles. The minimum absolute atomic E-state index is 0.0449. The minimum atomic E-state index is -0.0792. The second-order valence-electron chi connectivity index (χ2n) is 8.17. The highest BCUT2D eigenvalue weighted by Crippen LogP contribution is 2.43. The molecule has 2 aromatic rings. The van der Waals surface area contributed by atoms with E-state index in [1.54, 1.807) is 11.8 Å². The number of carbonyl (C=O) groups is 2. The van der Waals surface area contributed by atoms with Gasteiger partial charge in [0.1, 0.15) is 5.37 Å². The van der Waals surface area contributed by atoms with Crippen molar-refractivity contribution in [1.29, 1.82) is 0 Å². The zero-order valence-corrected chi connectivity index (χ0v) is 19.7. The predicted octanol–water partition coefficient (Wildman–Crippen LogP) is 6.57. The molecule has 1 heterocycles. The van der Waals surface area contributed by atoms with Gasteiger partial charge in [-0.25, -0.2) is 0 Å². The Hall–Kier alpha value is -2.27. The van der Waals surface area contributed by atoms with Crippen LogP contribution in [0.1, 0.15) is 69.4 Å². The van der Waals surface area contributed by atoms with Crippen LogP contribution in [0.3, 0.4) is 0 Å². The summed E-state index contributed by atoms with van der Waals surface area (Å²) in [5.41, 5.74) is 4.06. The molecule has 31 heavy (non-hydrogen) atoms. The first-order chi connectivity index (χ1) is 15.1. The zero-order chi connectivity index (χ0) is 22.2. The lowest BCUT2D eigenvalue weighted by Crippen LogP contribution is -2.29. The summed E-state index contributed by atoms with van der Waals surface area (Å²) in [4.78, 5) is 27.5. The summed E-state index contributed by atoms with van der Waals surface area (Å²) in [6, 6.07) is 16.2. The Morgan fingerprint density at radius 2 is 1.94 bits per heavy atom. The summed E-state index contributed by atoms with van der Waals surface area (Å²) in [6.45, 7) is 6.38. The molecule has 1 aliphatic rings. The first kappa shape index (κ1) is 23.4. The van der Waals surface area contributed by atoms with Crippen molar-refractivity contribution in [1.82, 2.24) is 0 Å². The first-order valence-corrected chi connectivity index (χ1v) is 12.6. The normalized spacial score (nSPS) is 17.1. The number of nitrogens with zero attached hydrogens (tertiary/aromatic N) is 1. The van der Waals surface area contributed by atoms with Crippen LogP contribution < -0.4 is 10.2 Å². The van der Waals surface area contributed by atoms with Crippen LogP contribution in [0.4, 0.5) is 11.4 Å². The van der Waals surface area contributed by atoms with Crippen LogP contribution in [0.2, 0.25) is 0 Å². The molecule has 5 heteroatoms. The van der Waals surface area contributed by atoms with Crippen molar-refractivity contribution >= 4 is 35.0 Å². The van der Waals surface area contributed by atoms with Gasteiger partial charge < -0.3 is 5.32 Å². The highest BCUT2D eigenvalue weighted by Gasteiger charge is 2.35. The average molecular weight is 439 g/mol. The molecule has 0 radical (unpaired) electrons. The molecule has 2 atom stereocenters. The number of rotatable bonds is 10. The molecule has 1 aliphatic heterocycles. The van der Waals surface area contributed by atoms with Crippen LogP contribution >= 0.6 is 11.8 Å². The van der Waals surface area contributed by atoms with Gasteiger partial charge in [0.2, 0.25) is 11.8 Å². The Morgan fingerprint density at radius 1 is 1.13 bits per heavy atom. The third-order valence-electron chi connectivity index (χ3n) is 5.85. The van der Waals surface area contributed by atoms with E-state index in [9.17, 15) is 9.59 Å². The topological polar surface area (TPSA) is 49.4 Å². The van der Waals surface area contributed by atoms with E-state index in [0.29, 0.717) is 5.75 Å². The van der Waals surface area contributed by atoms with Crippen molar-refractivity contribution in [3.63, 3.8) is 0 Å². The molecule has 2 amide bonds. The lowest BCUT2D eigenvalue weighted by Gasteiger charge is -2.27. The largest absolute Gasteiger partial charge is 0.326 e. The Balaban J connectivity index is 1.83. The quantitative estimate of drug-likeness (QED) is 0.456. The predicted molar refractivity (Wildman–Crippen MR) is 131 cm³/mol. The van der Waals surface area contributed by atoms with Crippen LogP contribution in [-0.4, -0.2) is 17.6 Å². The lowest BCUT2D eigenvalue weighted by molar-refractivity contribution is -0.120. The van der Waals surface area contributed by atoms with E-state index in [2.05, 4.69) is 38.2 Å². The van der Waals surface area contributed by atoms with Crippen LogP contribution in [0, 0.1) is 5.92 Å². The van der Waals surface area contributed by atoms with E-state index < -0.39 is 0 Å². The van der Waals surface area contributed by atoms with Gasteiger partial charge in [0.15, 0.2) is 0 Å². The molecule has 0 saturated carbocycles. The molecule has 1 fully saturated rings. The van der Waals surface area contributed by atoms with E-state index in [1.807, 2.05) is 41.3 Å². The van der Waals surface area contributed by atoms with Gasteiger partial charge >= 0.3 is 0 Å². The second kappa shape index (κ2) is 11.4. The van der Waals surface area contributed by atoms with E-state index in [-0.39, 0.29) is 23.1 Å². The molecule has 1 N–H and O–H groups in total. The zero-order valence-electron chi connectivity index (χ0n) is 18.9. The molecule has 0 unspecified atom stereocenters. The van der Waals surface area contributed by atoms with Gasteiger partial charge in [-0.3, -0.25) is 14.5 Å². The van der Waals surface area contributed by atoms with Gasteiger partial charge in [0.25, 0.3) is 0 Å². The number of anilines is 2. The molecule has 166 valence electrons. The van der Waals surface area contributed by atoms with Crippen molar-refractivity contribution in [3.05, 3.63) is 59.7 Å². The maximum Gasteiger partial charge on any atom is 0.238 e. The summed E-state index contributed by atoms with van der Waals surface area (Å²) in [6.07, 6.45) is 5.92. The number of unbranched alkanes of at least 4 members (excludes halogenated alkanes) is 1. The maximum absolute atomic E-state index is 12.8. The Kier molecular flexibility index (Phi) is 8.59. The molecule has 0 aromatic heterocycles. The van der Waals surface area contributed by atoms with Gasteiger partial charge in [0, 0.05) is 17.3 Å². The summed E-state index contributed by atoms with van der Waals surface area (Å²) in [5, 5.41) is 3.03. The van der Waals surface area contributed by atoms with Gasteiger partial charge in [0.05, 0.1) is 5.75 Å². The van der Waals surface area contributed by atoms with Crippen molar-refractivity contribution in [2.24, 2.45) is 5.92 Å². The Bertz CT molecular complexity index is 898. The van der Waals surface area contributed by atoms with E-state index in [4.69, 9.17) is 0 Å². The molecule has 4 nitrogen and oxygen atoms in total. The van der Waals surface area contributed by atoms with Crippen molar-refractivity contribution < 1.29 is 9.59 Å². The number of hydrogen-bond donors (Lipinski definition) is 1. The van der Waals surface area contributed by atoms with Crippen LogP contribution in [0.15, 0.2) is 48.5 Å². The second-order valence-corrected chi connectivity index (χ2v) is 9.24. The molecule has 0 spiro atoms. The third-order valence-corrected chi connectivity index (χ3v) is 7.06. The van der Waals surface area contributed by atoms with E-state index in [0.717, 1.165) is 55.5 Å². The van der Waals surface area contributed by atoms with Crippen LogP contribution in [0.25, 0.3) is 0 Å². The Labute approximate surface area is 190 Å².